The zero-order chi connectivity index (χ0) is 26.2. The Bertz CT molecular complexity index is 1230. The molecule has 0 spiro atoms. The zero-order valence-electron chi connectivity index (χ0n) is 21.0. The maximum absolute atomic E-state index is 13.6. The van der Waals surface area contributed by atoms with Gasteiger partial charge in [-0.3, -0.25) is 14.4 Å². The molecule has 3 aromatic rings. The number of esters is 1. The molecule has 1 aromatic heterocycles. The highest BCUT2D eigenvalue weighted by atomic mass is 16.5. The third kappa shape index (κ3) is 6.55. The molecule has 0 saturated carbocycles. The normalized spacial score (nSPS) is 16.1. The number of amides is 2. The van der Waals surface area contributed by atoms with E-state index >= 15 is 0 Å². The Kier molecular flexibility index (Phi) is 8.56. The molecule has 1 aliphatic rings. The minimum atomic E-state index is -0.840. The lowest BCUT2D eigenvalue weighted by Crippen LogP contribution is -2.53. The van der Waals surface area contributed by atoms with Crippen LogP contribution in [0.15, 0.2) is 65.2 Å². The summed E-state index contributed by atoms with van der Waals surface area (Å²) in [5.74, 6) is -0.378. The van der Waals surface area contributed by atoms with E-state index in [1.165, 1.54) is 6.07 Å². The molecule has 1 aliphatic heterocycles. The minimum Gasteiger partial charge on any atom is -0.497 e. The number of rotatable bonds is 9. The van der Waals surface area contributed by atoms with Crippen LogP contribution in [0.5, 0.6) is 5.75 Å². The summed E-state index contributed by atoms with van der Waals surface area (Å²) >= 11 is 0. The molecule has 4 rings (SSSR count). The van der Waals surface area contributed by atoms with Crippen molar-refractivity contribution in [2.75, 3.05) is 26.8 Å². The molecule has 194 valence electrons. The van der Waals surface area contributed by atoms with Crippen molar-refractivity contribution in [1.29, 1.82) is 0 Å². The van der Waals surface area contributed by atoms with E-state index in [4.69, 9.17) is 14.0 Å². The Hall–Kier alpha value is -4.14. The molecular formula is C28H31N3O6. The number of carbonyl (C=O) groups is 3. The first-order chi connectivity index (χ1) is 18.0. The monoisotopic (exact) mass is 505 g/mol. The molecule has 0 aliphatic carbocycles. The predicted molar refractivity (Wildman–Crippen MR) is 136 cm³/mol. The Morgan fingerprint density at radius 3 is 2.70 bits per heavy atom. The van der Waals surface area contributed by atoms with Crippen LogP contribution in [0.2, 0.25) is 0 Å². The van der Waals surface area contributed by atoms with Crippen molar-refractivity contribution in [1.82, 2.24) is 15.4 Å². The second kappa shape index (κ2) is 12.2. The molecule has 37 heavy (non-hydrogen) atoms. The standard InChI is InChI=1S/C28H31N3O6/c1-3-36-28(34)21-12-8-14-31(18-21)27(33)24(15-19-9-5-4-6-10-19)29-26(32)23-17-25(37-30-23)20-11-7-13-22(16-20)35-2/h4-7,9-11,13,16-17,21,24H,3,8,12,14-15,18H2,1-2H3,(H,29,32)/t21-,24-/m1/s1. The van der Waals surface area contributed by atoms with E-state index in [2.05, 4.69) is 10.5 Å². The molecule has 9 heteroatoms. The van der Waals surface area contributed by atoms with Crippen LogP contribution >= 0.6 is 0 Å². The molecule has 1 fully saturated rings. The molecular weight excluding hydrogens is 474 g/mol. The fourth-order valence-electron chi connectivity index (χ4n) is 4.43. The van der Waals surface area contributed by atoms with Gasteiger partial charge in [0, 0.05) is 31.1 Å². The average molecular weight is 506 g/mol. The van der Waals surface area contributed by atoms with Gasteiger partial charge >= 0.3 is 5.97 Å². The quantitative estimate of drug-likeness (QED) is 0.443. The Balaban J connectivity index is 1.51. The summed E-state index contributed by atoms with van der Waals surface area (Å²) in [5.41, 5.74) is 1.67. The molecule has 2 amide bonds. The number of ether oxygens (including phenoxy) is 2. The van der Waals surface area contributed by atoms with E-state index in [-0.39, 0.29) is 30.0 Å². The molecule has 0 bridgehead atoms. The summed E-state index contributed by atoms with van der Waals surface area (Å²) in [6.45, 7) is 2.84. The molecule has 0 unspecified atom stereocenters. The van der Waals surface area contributed by atoms with Crippen LogP contribution in [0.25, 0.3) is 11.3 Å². The highest BCUT2D eigenvalue weighted by Gasteiger charge is 2.33. The number of benzene rings is 2. The van der Waals surface area contributed by atoms with Gasteiger partial charge in [-0.15, -0.1) is 0 Å². The number of nitrogens with one attached hydrogen (secondary N) is 1. The Morgan fingerprint density at radius 1 is 1.14 bits per heavy atom. The highest BCUT2D eigenvalue weighted by Crippen LogP contribution is 2.25. The van der Waals surface area contributed by atoms with Crippen molar-refractivity contribution in [3.63, 3.8) is 0 Å². The predicted octanol–water partition coefficient (Wildman–Crippen LogP) is 3.49. The number of hydrogen-bond acceptors (Lipinski definition) is 7. The number of carbonyl (C=O) groups excluding carboxylic acids is 3. The highest BCUT2D eigenvalue weighted by molar-refractivity contribution is 5.97. The molecule has 1 N–H and O–H groups in total. The summed E-state index contributed by atoms with van der Waals surface area (Å²) in [6, 6.07) is 17.4. The van der Waals surface area contributed by atoms with Crippen LogP contribution in [0.4, 0.5) is 0 Å². The Morgan fingerprint density at radius 2 is 1.95 bits per heavy atom. The average Bonchev–Trinajstić information content (AvgIpc) is 3.44. The van der Waals surface area contributed by atoms with E-state index in [9.17, 15) is 14.4 Å². The topological polar surface area (TPSA) is 111 Å². The summed E-state index contributed by atoms with van der Waals surface area (Å²) in [6.07, 6.45) is 1.66. The molecule has 2 heterocycles. The van der Waals surface area contributed by atoms with Gasteiger partial charge in [0.05, 0.1) is 19.6 Å². The van der Waals surface area contributed by atoms with Crippen LogP contribution in [0.1, 0.15) is 35.8 Å². The number of likely N-dealkylation sites (tertiary alicyclic amines) is 1. The summed E-state index contributed by atoms with van der Waals surface area (Å²) < 4.78 is 15.8. The van der Waals surface area contributed by atoms with Gasteiger partial charge in [-0.2, -0.15) is 0 Å². The van der Waals surface area contributed by atoms with Gasteiger partial charge in [0.15, 0.2) is 11.5 Å². The Labute approximate surface area is 215 Å². The SMILES string of the molecule is CCOC(=O)[C@@H]1CCCN(C(=O)[C@@H](Cc2ccccc2)NC(=O)c2cc(-c3cccc(OC)c3)on2)C1. The maximum atomic E-state index is 13.6. The zero-order valence-corrected chi connectivity index (χ0v) is 21.0. The summed E-state index contributed by atoms with van der Waals surface area (Å²) in [5, 5.41) is 6.76. The summed E-state index contributed by atoms with van der Waals surface area (Å²) in [4.78, 5) is 40.7. The van der Waals surface area contributed by atoms with Crippen molar-refractivity contribution >= 4 is 17.8 Å². The second-order valence-electron chi connectivity index (χ2n) is 8.90. The summed E-state index contributed by atoms with van der Waals surface area (Å²) in [7, 11) is 1.57. The lowest BCUT2D eigenvalue weighted by atomic mass is 9.96. The van der Waals surface area contributed by atoms with Crippen LogP contribution in [-0.2, 0) is 20.7 Å². The van der Waals surface area contributed by atoms with Gasteiger partial charge < -0.3 is 24.2 Å². The van der Waals surface area contributed by atoms with Crippen molar-refractivity contribution in [2.45, 2.75) is 32.2 Å². The van der Waals surface area contributed by atoms with Crippen molar-refractivity contribution in [2.24, 2.45) is 5.92 Å². The molecule has 1 saturated heterocycles. The fourth-order valence-corrected chi connectivity index (χ4v) is 4.43. The smallest absolute Gasteiger partial charge is 0.310 e. The first kappa shape index (κ1) is 25.9. The van der Waals surface area contributed by atoms with E-state index in [1.807, 2.05) is 42.5 Å². The van der Waals surface area contributed by atoms with Crippen molar-refractivity contribution in [3.8, 4) is 17.1 Å². The van der Waals surface area contributed by atoms with E-state index in [0.717, 1.165) is 5.56 Å². The van der Waals surface area contributed by atoms with Crippen LogP contribution in [0, 0.1) is 5.92 Å². The van der Waals surface area contributed by atoms with Gasteiger partial charge in [-0.05, 0) is 37.5 Å². The number of aromatic nitrogens is 1. The van der Waals surface area contributed by atoms with E-state index in [1.54, 1.807) is 31.1 Å². The van der Waals surface area contributed by atoms with E-state index in [0.29, 0.717) is 49.5 Å². The van der Waals surface area contributed by atoms with Gasteiger partial charge in [0.25, 0.3) is 5.91 Å². The first-order valence-electron chi connectivity index (χ1n) is 12.4. The molecule has 9 nitrogen and oxygen atoms in total. The van der Waals surface area contributed by atoms with Gasteiger partial charge in [0.1, 0.15) is 11.8 Å². The van der Waals surface area contributed by atoms with Crippen LogP contribution in [-0.4, -0.2) is 60.7 Å². The fraction of sp³-hybridized carbons (Fsp3) is 0.357. The lowest BCUT2D eigenvalue weighted by Gasteiger charge is -2.34. The third-order valence-electron chi connectivity index (χ3n) is 6.34. The minimum absolute atomic E-state index is 0.0618. The lowest BCUT2D eigenvalue weighted by molar-refractivity contribution is -0.151. The third-order valence-corrected chi connectivity index (χ3v) is 6.34. The number of nitrogens with zero attached hydrogens (tertiary/aromatic N) is 2. The first-order valence-corrected chi connectivity index (χ1v) is 12.4. The number of methoxy groups -OCH3 is 1. The molecule has 2 atom stereocenters. The van der Waals surface area contributed by atoms with Crippen LogP contribution in [0.3, 0.4) is 0 Å². The van der Waals surface area contributed by atoms with Crippen LogP contribution < -0.4 is 10.1 Å². The second-order valence-corrected chi connectivity index (χ2v) is 8.90. The molecule has 0 radical (unpaired) electrons. The largest absolute Gasteiger partial charge is 0.497 e. The van der Waals surface area contributed by atoms with Gasteiger partial charge in [-0.25, -0.2) is 0 Å². The van der Waals surface area contributed by atoms with Gasteiger partial charge in [-0.1, -0.05) is 47.6 Å². The van der Waals surface area contributed by atoms with Gasteiger partial charge in [0.2, 0.25) is 5.91 Å². The maximum Gasteiger partial charge on any atom is 0.310 e. The van der Waals surface area contributed by atoms with Crippen molar-refractivity contribution < 1.29 is 28.4 Å². The number of piperidine rings is 1. The van der Waals surface area contributed by atoms with Crippen molar-refractivity contribution in [3.05, 3.63) is 71.9 Å². The molecule has 2 aromatic carbocycles. The number of hydrogen-bond donors (Lipinski definition) is 1. The van der Waals surface area contributed by atoms with E-state index < -0.39 is 11.9 Å².